The Hall–Kier alpha value is -1.55. The summed E-state index contributed by atoms with van der Waals surface area (Å²) in [4.78, 5) is 15.3. The number of morpholine rings is 1. The van der Waals surface area contributed by atoms with Crippen molar-refractivity contribution in [1.29, 1.82) is 0 Å². The molecule has 1 N–H and O–H groups in total. The number of nitrogens with zero attached hydrogens (tertiary/aromatic N) is 1. The van der Waals surface area contributed by atoms with Gasteiger partial charge in [0.1, 0.15) is 0 Å². The average Bonchev–Trinajstić information content (AvgIpc) is 2.62. The summed E-state index contributed by atoms with van der Waals surface area (Å²) in [6.45, 7) is 2.30. The molecule has 1 amide bonds. The van der Waals surface area contributed by atoms with Gasteiger partial charge in [-0.05, 0) is 30.9 Å². The summed E-state index contributed by atoms with van der Waals surface area (Å²) in [6, 6.07) is 9.09. The molecule has 1 saturated heterocycles. The number of anilines is 1. The predicted octanol–water partition coefficient (Wildman–Crippen LogP) is 2.51. The Morgan fingerprint density at radius 1 is 1.17 bits per heavy atom. The van der Waals surface area contributed by atoms with E-state index in [1.807, 2.05) is 0 Å². The average molecular weight is 314 g/mol. The minimum Gasteiger partial charge on any atom is -0.377 e. The molecule has 0 spiro atoms. The van der Waals surface area contributed by atoms with E-state index >= 15 is 0 Å². The Bertz CT molecular complexity index is 568. The van der Waals surface area contributed by atoms with Gasteiger partial charge in [-0.3, -0.25) is 4.79 Å². The van der Waals surface area contributed by atoms with Crippen LogP contribution in [0.15, 0.2) is 24.3 Å². The van der Waals surface area contributed by atoms with Crippen LogP contribution in [0, 0.1) is 5.92 Å². The van der Waals surface area contributed by atoms with Crippen molar-refractivity contribution in [3.05, 3.63) is 29.8 Å². The summed E-state index contributed by atoms with van der Waals surface area (Å²) in [6.07, 6.45) is 6.92. The zero-order valence-corrected chi connectivity index (χ0v) is 13.7. The van der Waals surface area contributed by atoms with Gasteiger partial charge in [0.2, 0.25) is 5.91 Å². The standard InChI is InChI=1S/C19H26N2O2/c22-19(20-15-7-2-1-3-8-15)16-12-14-6-4-5-9-17(14)21-10-11-23-13-18(16)21/h4-6,9,15-16,18H,1-3,7-8,10-13H2,(H,20,22). The predicted molar refractivity (Wildman–Crippen MR) is 90.6 cm³/mol. The molecule has 124 valence electrons. The smallest absolute Gasteiger partial charge is 0.225 e. The summed E-state index contributed by atoms with van der Waals surface area (Å²) >= 11 is 0. The van der Waals surface area contributed by atoms with Gasteiger partial charge in [0.05, 0.1) is 25.2 Å². The summed E-state index contributed by atoms with van der Waals surface area (Å²) < 4.78 is 5.70. The highest BCUT2D eigenvalue weighted by molar-refractivity contribution is 5.82. The van der Waals surface area contributed by atoms with Crippen LogP contribution >= 0.6 is 0 Å². The van der Waals surface area contributed by atoms with Crippen molar-refractivity contribution in [2.24, 2.45) is 5.92 Å². The molecular formula is C19H26N2O2. The van der Waals surface area contributed by atoms with Crippen LogP contribution in [0.2, 0.25) is 0 Å². The van der Waals surface area contributed by atoms with E-state index in [0.717, 1.165) is 32.4 Å². The van der Waals surface area contributed by atoms with E-state index in [9.17, 15) is 4.79 Å². The first kappa shape index (κ1) is 15.0. The van der Waals surface area contributed by atoms with Crippen molar-refractivity contribution in [3.63, 3.8) is 0 Å². The topological polar surface area (TPSA) is 41.6 Å². The maximum absolute atomic E-state index is 12.9. The summed E-state index contributed by atoms with van der Waals surface area (Å²) in [5, 5.41) is 3.33. The van der Waals surface area contributed by atoms with Gasteiger partial charge >= 0.3 is 0 Å². The molecule has 1 aliphatic carbocycles. The molecule has 0 radical (unpaired) electrons. The van der Waals surface area contributed by atoms with Crippen molar-refractivity contribution in [2.45, 2.75) is 50.6 Å². The van der Waals surface area contributed by atoms with E-state index in [0.29, 0.717) is 12.6 Å². The molecule has 2 aliphatic heterocycles. The lowest BCUT2D eigenvalue weighted by Gasteiger charge is -2.45. The highest BCUT2D eigenvalue weighted by atomic mass is 16.5. The number of carbonyl (C=O) groups excluding carboxylic acids is 1. The lowest BCUT2D eigenvalue weighted by molar-refractivity contribution is -0.127. The third-order valence-corrected chi connectivity index (χ3v) is 5.66. The molecule has 3 aliphatic rings. The van der Waals surface area contributed by atoms with Crippen LogP contribution in [-0.4, -0.2) is 37.7 Å². The van der Waals surface area contributed by atoms with E-state index in [4.69, 9.17) is 4.74 Å². The van der Waals surface area contributed by atoms with Crippen LogP contribution < -0.4 is 10.2 Å². The van der Waals surface area contributed by atoms with Gasteiger partial charge in [0.25, 0.3) is 0 Å². The van der Waals surface area contributed by atoms with Gasteiger partial charge < -0.3 is 15.0 Å². The van der Waals surface area contributed by atoms with Gasteiger partial charge in [0.15, 0.2) is 0 Å². The molecule has 1 aromatic rings. The van der Waals surface area contributed by atoms with Gasteiger partial charge in [0, 0.05) is 18.3 Å². The molecule has 0 aromatic heterocycles. The van der Waals surface area contributed by atoms with Crippen LogP contribution in [0.1, 0.15) is 37.7 Å². The number of hydrogen-bond acceptors (Lipinski definition) is 3. The molecule has 0 bridgehead atoms. The Labute approximate surface area is 138 Å². The maximum Gasteiger partial charge on any atom is 0.225 e. The Balaban J connectivity index is 1.54. The van der Waals surface area contributed by atoms with E-state index in [2.05, 4.69) is 34.5 Å². The zero-order valence-electron chi connectivity index (χ0n) is 13.7. The largest absolute Gasteiger partial charge is 0.377 e. The highest BCUT2D eigenvalue weighted by Gasteiger charge is 2.40. The minimum absolute atomic E-state index is 0.00660. The highest BCUT2D eigenvalue weighted by Crippen LogP contribution is 2.35. The van der Waals surface area contributed by atoms with Gasteiger partial charge in [-0.15, -0.1) is 0 Å². The second kappa shape index (κ2) is 6.52. The number of nitrogens with one attached hydrogen (secondary N) is 1. The number of carbonyl (C=O) groups is 1. The van der Waals surface area contributed by atoms with Crippen molar-refractivity contribution in [3.8, 4) is 0 Å². The number of hydrogen-bond donors (Lipinski definition) is 1. The molecule has 1 aromatic carbocycles. The van der Waals surface area contributed by atoms with Crippen LogP contribution in [-0.2, 0) is 16.0 Å². The molecule has 1 saturated carbocycles. The van der Waals surface area contributed by atoms with Crippen LogP contribution in [0.25, 0.3) is 0 Å². The third-order valence-electron chi connectivity index (χ3n) is 5.66. The van der Waals surface area contributed by atoms with Crippen molar-refractivity contribution < 1.29 is 9.53 Å². The lowest BCUT2D eigenvalue weighted by Crippen LogP contribution is -2.57. The SMILES string of the molecule is O=C(NC1CCCCC1)C1Cc2ccccc2N2CCOCC12. The number of amides is 1. The number of fused-ring (bicyclic) bond motifs is 3. The fourth-order valence-electron chi connectivity index (χ4n) is 4.41. The summed E-state index contributed by atoms with van der Waals surface area (Å²) in [7, 11) is 0. The molecule has 4 rings (SSSR count). The molecule has 2 atom stereocenters. The second-order valence-corrected chi connectivity index (χ2v) is 7.12. The molecular weight excluding hydrogens is 288 g/mol. The van der Waals surface area contributed by atoms with E-state index in [-0.39, 0.29) is 17.9 Å². The molecule has 23 heavy (non-hydrogen) atoms. The van der Waals surface area contributed by atoms with Crippen molar-refractivity contribution in [2.75, 3.05) is 24.7 Å². The van der Waals surface area contributed by atoms with Gasteiger partial charge in [-0.1, -0.05) is 37.5 Å². The van der Waals surface area contributed by atoms with E-state index in [1.165, 1.54) is 30.5 Å². The molecule has 2 fully saturated rings. The fraction of sp³-hybridized carbons (Fsp3) is 0.632. The van der Waals surface area contributed by atoms with Crippen molar-refractivity contribution >= 4 is 11.6 Å². The normalized spacial score (nSPS) is 27.9. The lowest BCUT2D eigenvalue weighted by atomic mass is 9.84. The Morgan fingerprint density at radius 2 is 2.00 bits per heavy atom. The zero-order chi connectivity index (χ0) is 15.6. The van der Waals surface area contributed by atoms with Gasteiger partial charge in [-0.2, -0.15) is 0 Å². The molecule has 4 nitrogen and oxygen atoms in total. The van der Waals surface area contributed by atoms with E-state index < -0.39 is 0 Å². The van der Waals surface area contributed by atoms with Gasteiger partial charge in [-0.25, -0.2) is 0 Å². The van der Waals surface area contributed by atoms with Crippen LogP contribution in [0.3, 0.4) is 0 Å². The summed E-state index contributed by atoms with van der Waals surface area (Å²) in [5.41, 5.74) is 2.59. The molecule has 2 heterocycles. The fourth-order valence-corrected chi connectivity index (χ4v) is 4.41. The minimum atomic E-state index is 0.00660. The van der Waals surface area contributed by atoms with E-state index in [1.54, 1.807) is 0 Å². The quantitative estimate of drug-likeness (QED) is 0.912. The monoisotopic (exact) mass is 314 g/mol. The maximum atomic E-state index is 12.9. The first-order valence-corrected chi connectivity index (χ1v) is 9.05. The Morgan fingerprint density at radius 3 is 2.87 bits per heavy atom. The van der Waals surface area contributed by atoms with Crippen LogP contribution in [0.4, 0.5) is 5.69 Å². The van der Waals surface area contributed by atoms with Crippen LogP contribution in [0.5, 0.6) is 0 Å². The number of ether oxygens (including phenoxy) is 1. The number of rotatable bonds is 2. The third kappa shape index (κ3) is 2.97. The first-order valence-electron chi connectivity index (χ1n) is 9.05. The second-order valence-electron chi connectivity index (χ2n) is 7.12. The Kier molecular flexibility index (Phi) is 4.25. The molecule has 2 unspecified atom stereocenters. The number of benzene rings is 1. The molecule has 4 heteroatoms. The first-order chi connectivity index (χ1) is 11.3. The summed E-state index contributed by atoms with van der Waals surface area (Å²) in [5.74, 6) is 0.235. The van der Waals surface area contributed by atoms with Crippen molar-refractivity contribution in [1.82, 2.24) is 5.32 Å². The number of para-hydroxylation sites is 1.